The standard InChI is InChI=1S/C13H24N2O2/c14-11-4-1-3-10(7-11)8-13(17)15-6-2-5-12(16)9-15/h10-12,16H,1-9,14H2. The second-order valence-electron chi connectivity index (χ2n) is 5.63. The van der Waals surface area contributed by atoms with Crippen LogP contribution in [-0.4, -0.2) is 41.1 Å². The Kier molecular flexibility index (Phi) is 4.40. The monoisotopic (exact) mass is 240 g/mol. The lowest BCUT2D eigenvalue weighted by Gasteiger charge is -2.33. The number of aliphatic hydroxyl groups excluding tert-OH is 1. The molecule has 0 radical (unpaired) electrons. The number of carbonyl (C=O) groups is 1. The lowest BCUT2D eigenvalue weighted by atomic mass is 9.84. The first-order valence-corrected chi connectivity index (χ1v) is 6.86. The lowest BCUT2D eigenvalue weighted by Crippen LogP contribution is -2.43. The van der Waals surface area contributed by atoms with Gasteiger partial charge >= 0.3 is 0 Å². The van der Waals surface area contributed by atoms with E-state index in [-0.39, 0.29) is 18.1 Å². The first-order chi connectivity index (χ1) is 8.15. The Balaban J connectivity index is 1.79. The normalized spacial score (nSPS) is 34.7. The summed E-state index contributed by atoms with van der Waals surface area (Å²) >= 11 is 0. The SMILES string of the molecule is NC1CCCC(CC(=O)N2CCCC(O)C2)C1. The number of likely N-dealkylation sites (tertiary alicyclic amines) is 1. The van der Waals surface area contributed by atoms with Crippen molar-refractivity contribution in [3.05, 3.63) is 0 Å². The van der Waals surface area contributed by atoms with Crippen LogP contribution in [-0.2, 0) is 4.79 Å². The second kappa shape index (κ2) is 5.83. The molecule has 0 aromatic rings. The first-order valence-electron chi connectivity index (χ1n) is 6.86. The van der Waals surface area contributed by atoms with E-state index in [4.69, 9.17) is 5.73 Å². The number of hydrogen-bond donors (Lipinski definition) is 2. The quantitative estimate of drug-likeness (QED) is 0.753. The molecule has 4 nitrogen and oxygen atoms in total. The van der Waals surface area contributed by atoms with Gasteiger partial charge in [-0.25, -0.2) is 0 Å². The Bertz CT molecular complexity index is 270. The highest BCUT2D eigenvalue weighted by Gasteiger charge is 2.26. The minimum Gasteiger partial charge on any atom is -0.391 e. The highest BCUT2D eigenvalue weighted by Crippen LogP contribution is 2.26. The van der Waals surface area contributed by atoms with Gasteiger partial charge in [0.05, 0.1) is 6.10 Å². The molecule has 1 amide bonds. The fourth-order valence-electron chi connectivity index (χ4n) is 3.08. The van der Waals surface area contributed by atoms with Crippen LogP contribution >= 0.6 is 0 Å². The van der Waals surface area contributed by atoms with E-state index in [1.165, 1.54) is 0 Å². The summed E-state index contributed by atoms with van der Waals surface area (Å²) in [7, 11) is 0. The van der Waals surface area contributed by atoms with E-state index in [2.05, 4.69) is 0 Å². The average molecular weight is 240 g/mol. The molecule has 1 aliphatic heterocycles. The molecular formula is C13H24N2O2. The molecule has 1 saturated heterocycles. The molecule has 2 fully saturated rings. The Morgan fingerprint density at radius 2 is 2.12 bits per heavy atom. The van der Waals surface area contributed by atoms with Crippen molar-refractivity contribution in [2.75, 3.05) is 13.1 Å². The van der Waals surface area contributed by atoms with Gasteiger partial charge in [0.15, 0.2) is 0 Å². The van der Waals surface area contributed by atoms with E-state index in [0.29, 0.717) is 18.9 Å². The molecule has 17 heavy (non-hydrogen) atoms. The number of rotatable bonds is 2. The van der Waals surface area contributed by atoms with E-state index in [1.807, 2.05) is 4.90 Å². The number of nitrogens with two attached hydrogens (primary N) is 1. The zero-order valence-corrected chi connectivity index (χ0v) is 10.5. The van der Waals surface area contributed by atoms with Gasteiger partial charge in [0, 0.05) is 25.6 Å². The van der Waals surface area contributed by atoms with Crippen LogP contribution < -0.4 is 5.73 Å². The summed E-state index contributed by atoms with van der Waals surface area (Å²) in [6.07, 6.45) is 6.45. The Morgan fingerprint density at radius 3 is 2.82 bits per heavy atom. The maximum atomic E-state index is 12.1. The highest BCUT2D eigenvalue weighted by atomic mass is 16.3. The maximum absolute atomic E-state index is 12.1. The molecule has 2 rings (SSSR count). The van der Waals surface area contributed by atoms with Crippen LogP contribution in [0.4, 0.5) is 0 Å². The van der Waals surface area contributed by atoms with Gasteiger partial charge in [-0.2, -0.15) is 0 Å². The third-order valence-corrected chi connectivity index (χ3v) is 4.04. The van der Waals surface area contributed by atoms with Gasteiger partial charge < -0.3 is 15.7 Å². The average Bonchev–Trinajstić information content (AvgIpc) is 2.29. The number of hydrogen-bond acceptors (Lipinski definition) is 3. The van der Waals surface area contributed by atoms with Crippen molar-refractivity contribution in [1.82, 2.24) is 4.90 Å². The number of β-amino-alcohol motifs (C(OH)–C–C–N with tert-alkyl or cyclic N) is 1. The van der Waals surface area contributed by atoms with Crippen LogP contribution in [0.1, 0.15) is 44.9 Å². The van der Waals surface area contributed by atoms with E-state index < -0.39 is 0 Å². The topological polar surface area (TPSA) is 66.6 Å². The summed E-state index contributed by atoms with van der Waals surface area (Å²) in [5.74, 6) is 0.674. The zero-order valence-electron chi connectivity index (χ0n) is 10.5. The Labute approximate surface area is 103 Å². The van der Waals surface area contributed by atoms with Crippen molar-refractivity contribution in [1.29, 1.82) is 0 Å². The van der Waals surface area contributed by atoms with Crippen LogP contribution in [0.15, 0.2) is 0 Å². The third-order valence-electron chi connectivity index (χ3n) is 4.04. The Morgan fingerprint density at radius 1 is 1.29 bits per heavy atom. The minimum absolute atomic E-state index is 0.211. The van der Waals surface area contributed by atoms with Crippen LogP contribution in [0.5, 0.6) is 0 Å². The van der Waals surface area contributed by atoms with Gasteiger partial charge in [-0.1, -0.05) is 6.42 Å². The van der Waals surface area contributed by atoms with E-state index in [9.17, 15) is 9.90 Å². The molecular weight excluding hydrogens is 216 g/mol. The molecule has 0 bridgehead atoms. The predicted octanol–water partition coefficient (Wildman–Crippen LogP) is 0.877. The summed E-state index contributed by atoms with van der Waals surface area (Å²) in [6, 6.07) is 0.286. The van der Waals surface area contributed by atoms with Crippen molar-refractivity contribution in [3.63, 3.8) is 0 Å². The van der Waals surface area contributed by atoms with Crippen molar-refractivity contribution >= 4 is 5.91 Å². The summed E-state index contributed by atoms with van der Waals surface area (Å²) in [5.41, 5.74) is 5.94. The largest absolute Gasteiger partial charge is 0.391 e. The molecule has 4 heteroatoms. The molecule has 1 saturated carbocycles. The van der Waals surface area contributed by atoms with Crippen LogP contribution in [0.25, 0.3) is 0 Å². The molecule has 0 aromatic carbocycles. The number of piperidine rings is 1. The first kappa shape index (κ1) is 12.8. The van der Waals surface area contributed by atoms with Crippen molar-refractivity contribution in [2.24, 2.45) is 11.7 Å². The lowest BCUT2D eigenvalue weighted by molar-refractivity contribution is -0.135. The molecule has 1 heterocycles. The van der Waals surface area contributed by atoms with Gasteiger partial charge in [0.25, 0.3) is 0 Å². The van der Waals surface area contributed by atoms with E-state index >= 15 is 0 Å². The van der Waals surface area contributed by atoms with Crippen molar-refractivity contribution in [3.8, 4) is 0 Å². The fraction of sp³-hybridized carbons (Fsp3) is 0.923. The smallest absolute Gasteiger partial charge is 0.222 e. The van der Waals surface area contributed by atoms with Crippen molar-refractivity contribution < 1.29 is 9.90 Å². The summed E-state index contributed by atoms with van der Waals surface area (Å²) < 4.78 is 0. The highest BCUT2D eigenvalue weighted by molar-refractivity contribution is 5.76. The molecule has 3 unspecified atom stereocenters. The van der Waals surface area contributed by atoms with Gasteiger partial charge in [-0.15, -0.1) is 0 Å². The molecule has 3 atom stereocenters. The number of amides is 1. The number of nitrogens with zero attached hydrogens (tertiary/aromatic N) is 1. The third kappa shape index (κ3) is 3.68. The second-order valence-corrected chi connectivity index (χ2v) is 5.63. The van der Waals surface area contributed by atoms with Crippen molar-refractivity contribution in [2.45, 2.75) is 57.1 Å². The van der Waals surface area contributed by atoms with E-state index in [1.54, 1.807) is 0 Å². The predicted molar refractivity (Wildman–Crippen MR) is 66.4 cm³/mol. The summed E-state index contributed by atoms with van der Waals surface area (Å²) in [5, 5.41) is 9.56. The molecule has 1 aliphatic carbocycles. The number of carbonyl (C=O) groups excluding carboxylic acids is 1. The molecule has 0 aromatic heterocycles. The van der Waals surface area contributed by atoms with Gasteiger partial charge in [-0.05, 0) is 38.0 Å². The molecule has 2 aliphatic rings. The number of aliphatic hydroxyl groups is 1. The fourth-order valence-corrected chi connectivity index (χ4v) is 3.08. The van der Waals surface area contributed by atoms with Crippen LogP contribution in [0, 0.1) is 5.92 Å². The zero-order chi connectivity index (χ0) is 12.3. The molecule has 3 N–H and O–H groups in total. The maximum Gasteiger partial charge on any atom is 0.222 e. The van der Waals surface area contributed by atoms with Crippen LogP contribution in [0.3, 0.4) is 0 Å². The van der Waals surface area contributed by atoms with Gasteiger partial charge in [-0.3, -0.25) is 4.79 Å². The van der Waals surface area contributed by atoms with Gasteiger partial charge in [0.1, 0.15) is 0 Å². The summed E-state index contributed by atoms with van der Waals surface area (Å²) in [6.45, 7) is 1.34. The summed E-state index contributed by atoms with van der Waals surface area (Å²) in [4.78, 5) is 13.9. The molecule has 0 spiro atoms. The van der Waals surface area contributed by atoms with Gasteiger partial charge in [0.2, 0.25) is 5.91 Å². The van der Waals surface area contributed by atoms with E-state index in [0.717, 1.165) is 45.1 Å². The minimum atomic E-state index is -0.318. The Hall–Kier alpha value is -0.610. The molecule has 98 valence electrons. The van der Waals surface area contributed by atoms with Crippen LogP contribution in [0.2, 0.25) is 0 Å².